The highest BCUT2D eigenvalue weighted by Gasteiger charge is 2.33. The van der Waals surface area contributed by atoms with Crippen molar-refractivity contribution in [1.29, 1.82) is 0 Å². The maximum atomic E-state index is 12.3. The van der Waals surface area contributed by atoms with E-state index in [1.807, 2.05) is 24.8 Å². The maximum Gasteiger partial charge on any atom is 0.215 e. The Labute approximate surface area is 126 Å². The van der Waals surface area contributed by atoms with Crippen LogP contribution < -0.4 is 4.72 Å². The number of hydrogen-bond acceptors (Lipinski definition) is 4. The molecule has 2 N–H and O–H groups in total. The summed E-state index contributed by atoms with van der Waals surface area (Å²) in [5.41, 5.74) is 2.53. The number of carbonyl (C=O) groups excluding carboxylic acids is 1. The Balaban J connectivity index is 1.97. The number of aromatic nitrogens is 1. The summed E-state index contributed by atoms with van der Waals surface area (Å²) in [4.78, 5) is 17.3. The molecule has 6 nitrogen and oxygen atoms in total. The van der Waals surface area contributed by atoms with Gasteiger partial charge in [0.05, 0.1) is 11.8 Å². The number of ketones is 1. The van der Waals surface area contributed by atoms with Crippen LogP contribution in [0.3, 0.4) is 0 Å². The molecule has 118 valence electrons. The Morgan fingerprint density at radius 3 is 2.76 bits per heavy atom. The van der Waals surface area contributed by atoms with Crippen LogP contribution in [0, 0.1) is 13.8 Å². The number of aryl methyl sites for hydroxylation is 2. The van der Waals surface area contributed by atoms with Gasteiger partial charge in [0.25, 0.3) is 0 Å². The molecule has 2 heterocycles. The van der Waals surface area contributed by atoms with Crippen molar-refractivity contribution in [3.63, 3.8) is 0 Å². The van der Waals surface area contributed by atoms with Gasteiger partial charge in [0.2, 0.25) is 10.0 Å². The average molecular weight is 313 g/mol. The second kappa shape index (κ2) is 6.29. The SMILES string of the molecule is CCNS(=O)(=O)C1CCN(CC(=O)c2cc(C)[nH]c2C)C1. The standard InChI is InChI=1S/C14H23N3O3S/c1-4-15-21(19,20)12-5-6-17(8-12)9-14(18)13-7-10(2)16-11(13)3/h7,12,15-16H,4-6,8-9H2,1-3H3. The first kappa shape index (κ1) is 16.2. The Hall–Kier alpha value is -1.18. The van der Waals surface area contributed by atoms with E-state index in [0.717, 1.165) is 11.4 Å². The van der Waals surface area contributed by atoms with Gasteiger partial charge in [-0.15, -0.1) is 0 Å². The third-order valence-corrected chi connectivity index (χ3v) is 5.78. The lowest BCUT2D eigenvalue weighted by Crippen LogP contribution is -2.37. The Kier molecular flexibility index (Phi) is 4.85. The molecule has 2 rings (SSSR count). The van der Waals surface area contributed by atoms with Crippen molar-refractivity contribution in [3.8, 4) is 0 Å². The molecule has 0 amide bonds. The molecule has 1 fully saturated rings. The van der Waals surface area contributed by atoms with E-state index in [-0.39, 0.29) is 12.3 Å². The molecular formula is C14H23N3O3S. The molecule has 0 spiro atoms. The normalized spacial score (nSPS) is 20.0. The van der Waals surface area contributed by atoms with Gasteiger partial charge in [0, 0.05) is 36.6 Å². The topological polar surface area (TPSA) is 82.3 Å². The van der Waals surface area contributed by atoms with E-state index in [9.17, 15) is 13.2 Å². The molecule has 0 saturated carbocycles. The van der Waals surface area contributed by atoms with Crippen LogP contribution in [0.1, 0.15) is 35.1 Å². The summed E-state index contributed by atoms with van der Waals surface area (Å²) in [5.74, 6) is 0.0401. The summed E-state index contributed by atoms with van der Waals surface area (Å²) in [7, 11) is -3.26. The minimum Gasteiger partial charge on any atom is -0.362 e. The number of rotatable bonds is 6. The molecule has 0 aromatic carbocycles. The first-order valence-electron chi connectivity index (χ1n) is 7.23. The largest absolute Gasteiger partial charge is 0.362 e. The van der Waals surface area contributed by atoms with Crippen molar-refractivity contribution < 1.29 is 13.2 Å². The zero-order valence-corrected chi connectivity index (χ0v) is 13.6. The van der Waals surface area contributed by atoms with E-state index >= 15 is 0 Å². The average Bonchev–Trinajstić information content (AvgIpc) is 2.96. The fourth-order valence-corrected chi connectivity index (χ4v) is 4.28. The minimum absolute atomic E-state index is 0.0401. The molecule has 0 aliphatic carbocycles. The van der Waals surface area contributed by atoms with Crippen LogP contribution in [-0.4, -0.2) is 55.5 Å². The van der Waals surface area contributed by atoms with Gasteiger partial charge >= 0.3 is 0 Å². The number of sulfonamides is 1. The van der Waals surface area contributed by atoms with Crippen molar-refractivity contribution in [2.45, 2.75) is 32.4 Å². The molecule has 1 aliphatic heterocycles. The van der Waals surface area contributed by atoms with Crippen molar-refractivity contribution in [3.05, 3.63) is 23.0 Å². The smallest absolute Gasteiger partial charge is 0.215 e. The van der Waals surface area contributed by atoms with Crippen molar-refractivity contribution in [1.82, 2.24) is 14.6 Å². The van der Waals surface area contributed by atoms with Crippen LogP contribution >= 0.6 is 0 Å². The van der Waals surface area contributed by atoms with Crippen LogP contribution in [-0.2, 0) is 10.0 Å². The Bertz CT molecular complexity index is 621. The van der Waals surface area contributed by atoms with Crippen LogP contribution in [0.15, 0.2) is 6.07 Å². The summed E-state index contributed by atoms with van der Waals surface area (Å²) < 4.78 is 26.5. The van der Waals surface area contributed by atoms with Gasteiger partial charge in [-0.1, -0.05) is 6.92 Å². The summed E-state index contributed by atoms with van der Waals surface area (Å²) in [6.07, 6.45) is 0.577. The molecule has 1 atom stereocenters. The summed E-state index contributed by atoms with van der Waals surface area (Å²) >= 11 is 0. The predicted molar refractivity (Wildman–Crippen MR) is 82.0 cm³/mol. The van der Waals surface area contributed by atoms with E-state index in [4.69, 9.17) is 0 Å². The molecular weight excluding hydrogens is 290 g/mol. The molecule has 1 aliphatic rings. The lowest BCUT2D eigenvalue weighted by molar-refractivity contribution is 0.0945. The number of likely N-dealkylation sites (tertiary alicyclic amines) is 1. The third-order valence-electron chi connectivity index (χ3n) is 3.83. The number of aromatic amines is 1. The zero-order valence-electron chi connectivity index (χ0n) is 12.8. The number of hydrogen-bond donors (Lipinski definition) is 2. The van der Waals surface area contributed by atoms with Gasteiger partial charge in [0.15, 0.2) is 5.78 Å². The molecule has 21 heavy (non-hydrogen) atoms. The molecule has 1 saturated heterocycles. The predicted octanol–water partition coefficient (Wildman–Crippen LogP) is 0.828. The zero-order chi connectivity index (χ0) is 15.6. The molecule has 1 aromatic rings. The molecule has 1 aromatic heterocycles. The third kappa shape index (κ3) is 3.72. The highest BCUT2D eigenvalue weighted by molar-refractivity contribution is 7.90. The first-order valence-corrected chi connectivity index (χ1v) is 8.78. The Morgan fingerprint density at radius 1 is 1.48 bits per heavy atom. The number of carbonyl (C=O) groups is 1. The van der Waals surface area contributed by atoms with Gasteiger partial charge in [0.1, 0.15) is 0 Å². The van der Waals surface area contributed by atoms with Crippen LogP contribution in [0.2, 0.25) is 0 Å². The van der Waals surface area contributed by atoms with E-state index in [1.165, 1.54) is 0 Å². The van der Waals surface area contributed by atoms with Gasteiger partial charge in [-0.25, -0.2) is 13.1 Å². The number of nitrogens with one attached hydrogen (secondary N) is 2. The van der Waals surface area contributed by atoms with Crippen molar-refractivity contribution >= 4 is 15.8 Å². The molecule has 0 bridgehead atoms. The van der Waals surface area contributed by atoms with Gasteiger partial charge in [-0.05, 0) is 26.3 Å². The van der Waals surface area contributed by atoms with E-state index in [2.05, 4.69) is 9.71 Å². The Morgan fingerprint density at radius 2 is 2.19 bits per heavy atom. The van der Waals surface area contributed by atoms with Gasteiger partial charge in [-0.3, -0.25) is 9.69 Å². The number of H-pyrrole nitrogens is 1. The van der Waals surface area contributed by atoms with Crippen LogP contribution in [0.4, 0.5) is 0 Å². The molecule has 0 radical (unpaired) electrons. The summed E-state index contributed by atoms with van der Waals surface area (Å²) in [5, 5.41) is -0.417. The lowest BCUT2D eigenvalue weighted by Gasteiger charge is -2.15. The summed E-state index contributed by atoms with van der Waals surface area (Å²) in [6.45, 7) is 7.30. The quantitative estimate of drug-likeness (QED) is 0.762. The monoisotopic (exact) mass is 313 g/mol. The van der Waals surface area contributed by atoms with E-state index in [1.54, 1.807) is 6.92 Å². The fraction of sp³-hybridized carbons (Fsp3) is 0.643. The summed E-state index contributed by atoms with van der Waals surface area (Å²) in [6, 6.07) is 1.85. The highest BCUT2D eigenvalue weighted by atomic mass is 32.2. The van der Waals surface area contributed by atoms with E-state index < -0.39 is 15.3 Å². The fourth-order valence-electron chi connectivity index (χ4n) is 2.81. The van der Waals surface area contributed by atoms with Crippen molar-refractivity contribution in [2.75, 3.05) is 26.2 Å². The van der Waals surface area contributed by atoms with Gasteiger partial charge < -0.3 is 4.98 Å². The van der Waals surface area contributed by atoms with Crippen LogP contribution in [0.5, 0.6) is 0 Å². The highest BCUT2D eigenvalue weighted by Crippen LogP contribution is 2.18. The minimum atomic E-state index is -3.26. The lowest BCUT2D eigenvalue weighted by atomic mass is 10.1. The number of nitrogens with zero attached hydrogens (tertiary/aromatic N) is 1. The van der Waals surface area contributed by atoms with Crippen molar-refractivity contribution in [2.24, 2.45) is 0 Å². The van der Waals surface area contributed by atoms with Crippen LogP contribution in [0.25, 0.3) is 0 Å². The van der Waals surface area contributed by atoms with Gasteiger partial charge in [-0.2, -0.15) is 0 Å². The maximum absolute atomic E-state index is 12.3. The molecule has 1 unspecified atom stereocenters. The van der Waals surface area contributed by atoms with E-state index in [0.29, 0.717) is 31.6 Å². The molecule has 7 heteroatoms. The number of Topliss-reactive ketones (excluding diaryl/α,β-unsaturated/α-hetero) is 1. The first-order chi connectivity index (χ1) is 9.83. The second-order valence-electron chi connectivity index (χ2n) is 5.60. The second-order valence-corrected chi connectivity index (χ2v) is 7.65.